The summed E-state index contributed by atoms with van der Waals surface area (Å²) in [5.74, 6) is 1.15. The van der Waals surface area contributed by atoms with Gasteiger partial charge in [0, 0.05) is 19.7 Å². The zero-order valence-corrected chi connectivity index (χ0v) is 14.6. The molecule has 0 atom stereocenters. The highest BCUT2D eigenvalue weighted by molar-refractivity contribution is 5.91. The van der Waals surface area contributed by atoms with Gasteiger partial charge in [-0.15, -0.1) is 0 Å². The number of fused-ring (bicyclic) bond motifs is 1. The molecule has 2 heterocycles. The van der Waals surface area contributed by atoms with Gasteiger partial charge in [-0.25, -0.2) is 4.68 Å². The summed E-state index contributed by atoms with van der Waals surface area (Å²) in [7, 11) is 1.54. The van der Waals surface area contributed by atoms with Gasteiger partial charge in [-0.2, -0.15) is 5.10 Å². The molecule has 0 radical (unpaired) electrons. The van der Waals surface area contributed by atoms with Crippen molar-refractivity contribution in [1.29, 1.82) is 0 Å². The smallest absolute Gasteiger partial charge is 0.271 e. The number of amides is 1. The zero-order valence-electron chi connectivity index (χ0n) is 14.6. The Labute approximate surface area is 150 Å². The molecule has 8 heteroatoms. The maximum Gasteiger partial charge on any atom is 0.271 e. The molecule has 0 spiro atoms. The maximum absolute atomic E-state index is 12.2. The molecule has 138 valence electrons. The van der Waals surface area contributed by atoms with Crippen molar-refractivity contribution < 1.29 is 19.0 Å². The van der Waals surface area contributed by atoms with Gasteiger partial charge >= 0.3 is 0 Å². The average molecular weight is 359 g/mol. The Kier molecular flexibility index (Phi) is 5.85. The second-order valence-electron chi connectivity index (χ2n) is 5.76. The lowest BCUT2D eigenvalue weighted by Crippen LogP contribution is -2.31. The van der Waals surface area contributed by atoms with Crippen LogP contribution in [0.2, 0.25) is 0 Å². The number of rotatable bonds is 7. The Balaban J connectivity index is 1.56. The van der Waals surface area contributed by atoms with Crippen LogP contribution in [-0.4, -0.2) is 49.2 Å². The third-order valence-corrected chi connectivity index (χ3v) is 3.91. The van der Waals surface area contributed by atoms with Gasteiger partial charge in [0.15, 0.2) is 11.5 Å². The average Bonchev–Trinajstić information content (AvgIpc) is 2.67. The zero-order chi connectivity index (χ0) is 18.4. The molecule has 0 aliphatic carbocycles. The van der Waals surface area contributed by atoms with Crippen LogP contribution in [0.4, 0.5) is 0 Å². The van der Waals surface area contributed by atoms with E-state index < -0.39 is 0 Å². The highest BCUT2D eigenvalue weighted by Gasteiger charge is 2.12. The summed E-state index contributed by atoms with van der Waals surface area (Å²) >= 11 is 0. The number of benzene rings is 1. The highest BCUT2D eigenvalue weighted by Crippen LogP contribution is 2.30. The molecule has 0 bridgehead atoms. The van der Waals surface area contributed by atoms with Gasteiger partial charge in [-0.1, -0.05) is 6.07 Å². The minimum Gasteiger partial charge on any atom is -0.486 e. The first-order valence-electron chi connectivity index (χ1n) is 8.41. The van der Waals surface area contributed by atoms with E-state index in [2.05, 4.69) is 10.4 Å². The van der Waals surface area contributed by atoms with Crippen molar-refractivity contribution in [2.75, 3.05) is 33.5 Å². The molecule has 1 N–H and O–H groups in total. The standard InChI is InChI=1S/C18H21N3O5/c1-24-9-8-21-17(22)5-3-14(20-21)18(23)19-7-6-13-2-4-15-16(12-13)26-11-10-25-15/h2-5,12H,6-11H2,1H3,(H,19,23). The number of nitrogens with one attached hydrogen (secondary N) is 1. The van der Waals surface area contributed by atoms with E-state index in [0.29, 0.717) is 39.3 Å². The number of aromatic nitrogens is 2. The molecule has 1 amide bonds. The predicted octanol–water partition coefficient (Wildman–Crippen LogP) is 0.633. The Hall–Kier alpha value is -2.87. The molecule has 8 nitrogen and oxygen atoms in total. The van der Waals surface area contributed by atoms with Crippen molar-refractivity contribution in [3.05, 3.63) is 51.9 Å². The van der Waals surface area contributed by atoms with E-state index in [1.165, 1.54) is 16.8 Å². The van der Waals surface area contributed by atoms with Crippen molar-refractivity contribution in [2.24, 2.45) is 0 Å². The maximum atomic E-state index is 12.2. The summed E-state index contributed by atoms with van der Waals surface area (Å²) in [4.78, 5) is 23.9. The van der Waals surface area contributed by atoms with E-state index in [1.54, 1.807) is 7.11 Å². The van der Waals surface area contributed by atoms with Crippen LogP contribution in [0.25, 0.3) is 0 Å². The second kappa shape index (κ2) is 8.48. The Morgan fingerprint density at radius 2 is 2.04 bits per heavy atom. The van der Waals surface area contributed by atoms with Crippen LogP contribution in [0.1, 0.15) is 16.1 Å². The van der Waals surface area contributed by atoms with Gasteiger partial charge in [0.2, 0.25) is 0 Å². The largest absolute Gasteiger partial charge is 0.486 e. The summed E-state index contributed by atoms with van der Waals surface area (Å²) < 4.78 is 17.2. The molecule has 0 fully saturated rings. The number of ether oxygens (including phenoxy) is 3. The van der Waals surface area contributed by atoms with E-state index >= 15 is 0 Å². The summed E-state index contributed by atoms with van der Waals surface area (Å²) in [6, 6.07) is 8.50. The molecule has 1 aliphatic rings. The van der Waals surface area contributed by atoms with Crippen LogP contribution in [0.15, 0.2) is 35.1 Å². The van der Waals surface area contributed by atoms with E-state index in [4.69, 9.17) is 14.2 Å². The van der Waals surface area contributed by atoms with Crippen LogP contribution < -0.4 is 20.3 Å². The molecular formula is C18H21N3O5. The predicted molar refractivity (Wildman–Crippen MR) is 93.8 cm³/mol. The first kappa shape index (κ1) is 17.9. The van der Waals surface area contributed by atoms with Crippen molar-refractivity contribution in [1.82, 2.24) is 15.1 Å². The molecule has 2 aromatic rings. The first-order chi connectivity index (χ1) is 12.7. The van der Waals surface area contributed by atoms with E-state index in [9.17, 15) is 9.59 Å². The van der Waals surface area contributed by atoms with Crippen LogP contribution in [-0.2, 0) is 17.7 Å². The first-order valence-corrected chi connectivity index (χ1v) is 8.41. The summed E-state index contributed by atoms with van der Waals surface area (Å²) in [6.45, 7) is 2.19. The number of methoxy groups -OCH3 is 1. The number of hydrogen-bond acceptors (Lipinski definition) is 6. The monoisotopic (exact) mass is 359 g/mol. The van der Waals surface area contributed by atoms with Gasteiger partial charge < -0.3 is 19.5 Å². The van der Waals surface area contributed by atoms with E-state index in [0.717, 1.165) is 17.1 Å². The van der Waals surface area contributed by atoms with Gasteiger partial charge in [-0.05, 0) is 30.2 Å². The Morgan fingerprint density at radius 3 is 2.85 bits per heavy atom. The SMILES string of the molecule is COCCn1nc(C(=O)NCCc2ccc3c(c2)OCCO3)ccc1=O. The number of carbonyl (C=O) groups excluding carboxylic acids is 1. The number of hydrogen-bond donors (Lipinski definition) is 1. The summed E-state index contributed by atoms with van der Waals surface area (Å²) in [5, 5.41) is 6.88. The molecule has 26 heavy (non-hydrogen) atoms. The van der Waals surface area contributed by atoms with E-state index in [-0.39, 0.29) is 17.2 Å². The normalized spacial score (nSPS) is 12.7. The van der Waals surface area contributed by atoms with E-state index in [1.807, 2.05) is 18.2 Å². The molecule has 3 rings (SSSR count). The third kappa shape index (κ3) is 4.40. The highest BCUT2D eigenvalue weighted by atomic mass is 16.6. The molecule has 1 aliphatic heterocycles. The molecule has 0 saturated heterocycles. The molecular weight excluding hydrogens is 338 g/mol. The Bertz CT molecular complexity index is 834. The second-order valence-corrected chi connectivity index (χ2v) is 5.76. The van der Waals surface area contributed by atoms with Crippen LogP contribution in [0, 0.1) is 0 Å². The van der Waals surface area contributed by atoms with Crippen LogP contribution in [0.5, 0.6) is 11.5 Å². The third-order valence-electron chi connectivity index (χ3n) is 3.91. The topological polar surface area (TPSA) is 91.7 Å². The van der Waals surface area contributed by atoms with Gasteiger partial charge in [0.1, 0.15) is 18.9 Å². The minimum absolute atomic E-state index is 0.197. The molecule has 1 aromatic heterocycles. The fraction of sp³-hybridized carbons (Fsp3) is 0.389. The van der Waals surface area contributed by atoms with Crippen molar-refractivity contribution in [2.45, 2.75) is 13.0 Å². The van der Waals surface area contributed by atoms with Crippen molar-refractivity contribution in [3.63, 3.8) is 0 Å². The lowest BCUT2D eigenvalue weighted by molar-refractivity contribution is 0.0945. The fourth-order valence-electron chi connectivity index (χ4n) is 2.56. The van der Waals surface area contributed by atoms with Gasteiger partial charge in [-0.3, -0.25) is 9.59 Å². The van der Waals surface area contributed by atoms with Gasteiger partial charge in [0.25, 0.3) is 11.5 Å². The molecule has 0 saturated carbocycles. The minimum atomic E-state index is -0.325. The lowest BCUT2D eigenvalue weighted by Gasteiger charge is -2.18. The lowest BCUT2D eigenvalue weighted by atomic mass is 10.1. The Morgan fingerprint density at radius 1 is 1.23 bits per heavy atom. The number of carbonyl (C=O) groups is 1. The number of nitrogens with zero attached hydrogens (tertiary/aromatic N) is 2. The van der Waals surface area contributed by atoms with Crippen molar-refractivity contribution in [3.8, 4) is 11.5 Å². The summed E-state index contributed by atoms with van der Waals surface area (Å²) in [5.41, 5.74) is 0.963. The van der Waals surface area contributed by atoms with Crippen molar-refractivity contribution >= 4 is 5.91 Å². The molecule has 1 aromatic carbocycles. The van der Waals surface area contributed by atoms with Crippen LogP contribution in [0.3, 0.4) is 0 Å². The molecule has 0 unspecified atom stereocenters. The fourth-order valence-corrected chi connectivity index (χ4v) is 2.56. The quantitative estimate of drug-likeness (QED) is 0.780. The van der Waals surface area contributed by atoms with Gasteiger partial charge in [0.05, 0.1) is 13.2 Å². The summed E-state index contributed by atoms with van der Waals surface area (Å²) in [6.07, 6.45) is 0.645. The van der Waals surface area contributed by atoms with Crippen LogP contribution >= 0.6 is 0 Å².